The maximum atomic E-state index is 4.26. The monoisotopic (exact) mass is 224 g/mol. The molecule has 0 saturated heterocycles. The lowest BCUT2D eigenvalue weighted by Gasteiger charge is -2.01. The van der Waals surface area contributed by atoms with E-state index in [0.29, 0.717) is 0 Å². The van der Waals surface area contributed by atoms with Crippen LogP contribution in [0, 0.1) is 0 Å². The normalized spacial score (nSPS) is 10.8. The van der Waals surface area contributed by atoms with Gasteiger partial charge in [0.15, 0.2) is 0 Å². The summed E-state index contributed by atoms with van der Waals surface area (Å²) in [6.07, 6.45) is 3.87. The molecule has 2 rings (SSSR count). The summed E-state index contributed by atoms with van der Waals surface area (Å²) in [5.74, 6) is 0. The first-order chi connectivity index (χ1) is 5.83. The average Bonchev–Trinajstić information content (AvgIpc) is 2.49. The fourth-order valence-electron chi connectivity index (χ4n) is 1.35. The van der Waals surface area contributed by atoms with Gasteiger partial charge in [-0.15, -0.1) is 0 Å². The lowest BCUT2D eigenvalue weighted by Crippen LogP contribution is -1.91. The van der Waals surface area contributed by atoms with E-state index in [1.165, 1.54) is 5.52 Å². The smallest absolute Gasteiger partial charge is 0.0892 e. The summed E-state index contributed by atoms with van der Waals surface area (Å²) in [4.78, 5) is 4.26. The third-order valence-electron chi connectivity index (χ3n) is 1.94. The van der Waals surface area contributed by atoms with Crippen LogP contribution in [-0.4, -0.2) is 9.55 Å². The first-order valence-corrected chi connectivity index (χ1v) is 4.71. The van der Waals surface area contributed by atoms with Crippen molar-refractivity contribution in [1.29, 1.82) is 0 Å². The van der Waals surface area contributed by atoms with E-state index >= 15 is 0 Å². The number of rotatable bonds is 1. The number of fused-ring (bicyclic) bond motifs is 1. The third-order valence-corrected chi connectivity index (χ3v) is 2.58. The maximum absolute atomic E-state index is 4.26. The molecule has 0 aromatic carbocycles. The van der Waals surface area contributed by atoms with E-state index in [0.717, 1.165) is 16.5 Å². The summed E-state index contributed by atoms with van der Waals surface area (Å²) in [5, 5.41) is 0. The molecule has 0 amide bonds. The van der Waals surface area contributed by atoms with Crippen molar-refractivity contribution in [2.24, 2.45) is 0 Å². The standard InChI is InChI=1S/C9H9BrN2/c1-2-12-6-4-8-9(12)7(10)3-5-11-8/h3-6H,2H2,1H3. The molecule has 0 unspecified atom stereocenters. The Hall–Kier alpha value is -0.830. The molecule has 0 aliphatic carbocycles. The Kier molecular flexibility index (Phi) is 1.89. The SMILES string of the molecule is CCn1ccc2nccc(Br)c21. The zero-order valence-electron chi connectivity index (χ0n) is 6.79. The van der Waals surface area contributed by atoms with E-state index in [2.05, 4.69) is 38.6 Å². The van der Waals surface area contributed by atoms with Crippen molar-refractivity contribution in [2.45, 2.75) is 13.5 Å². The molecule has 2 aromatic rings. The number of pyridine rings is 1. The van der Waals surface area contributed by atoms with Gasteiger partial charge in [0.05, 0.1) is 11.0 Å². The highest BCUT2D eigenvalue weighted by Gasteiger charge is 2.02. The fourth-order valence-corrected chi connectivity index (χ4v) is 1.90. The van der Waals surface area contributed by atoms with Crippen molar-refractivity contribution in [3.63, 3.8) is 0 Å². The Morgan fingerprint density at radius 3 is 3.08 bits per heavy atom. The van der Waals surface area contributed by atoms with Crippen LogP contribution in [-0.2, 0) is 6.54 Å². The van der Waals surface area contributed by atoms with E-state index < -0.39 is 0 Å². The molecule has 0 atom stereocenters. The predicted molar refractivity (Wildman–Crippen MR) is 53.1 cm³/mol. The topological polar surface area (TPSA) is 17.8 Å². The summed E-state index contributed by atoms with van der Waals surface area (Å²) in [6, 6.07) is 4.00. The van der Waals surface area contributed by atoms with Gasteiger partial charge in [0.25, 0.3) is 0 Å². The van der Waals surface area contributed by atoms with Crippen molar-refractivity contribution >= 4 is 27.0 Å². The zero-order valence-corrected chi connectivity index (χ0v) is 8.37. The Balaban J connectivity index is 2.83. The molecule has 0 N–H and O–H groups in total. The van der Waals surface area contributed by atoms with Crippen molar-refractivity contribution < 1.29 is 0 Å². The molecule has 2 nitrogen and oxygen atoms in total. The van der Waals surface area contributed by atoms with Gasteiger partial charge >= 0.3 is 0 Å². The van der Waals surface area contributed by atoms with Crippen LogP contribution in [0.1, 0.15) is 6.92 Å². The highest BCUT2D eigenvalue weighted by atomic mass is 79.9. The van der Waals surface area contributed by atoms with Gasteiger partial charge < -0.3 is 4.57 Å². The fraction of sp³-hybridized carbons (Fsp3) is 0.222. The molecule has 0 spiro atoms. The van der Waals surface area contributed by atoms with Crippen molar-refractivity contribution in [3.8, 4) is 0 Å². The summed E-state index contributed by atoms with van der Waals surface area (Å²) < 4.78 is 3.28. The zero-order chi connectivity index (χ0) is 8.55. The number of halogens is 1. The van der Waals surface area contributed by atoms with Crippen LogP contribution in [0.4, 0.5) is 0 Å². The quantitative estimate of drug-likeness (QED) is 0.729. The molecule has 62 valence electrons. The molecule has 0 aliphatic rings. The van der Waals surface area contributed by atoms with E-state index in [-0.39, 0.29) is 0 Å². The van der Waals surface area contributed by atoms with Crippen molar-refractivity contribution in [3.05, 3.63) is 29.0 Å². The van der Waals surface area contributed by atoms with Gasteiger partial charge in [0, 0.05) is 23.4 Å². The van der Waals surface area contributed by atoms with Crippen LogP contribution in [0.2, 0.25) is 0 Å². The second-order valence-corrected chi connectivity index (χ2v) is 3.48. The Morgan fingerprint density at radius 2 is 2.33 bits per heavy atom. The molecular weight excluding hydrogens is 216 g/mol. The summed E-state index contributed by atoms with van der Waals surface area (Å²) in [6.45, 7) is 3.10. The van der Waals surface area contributed by atoms with Crippen LogP contribution >= 0.6 is 15.9 Å². The number of aromatic nitrogens is 2. The average molecular weight is 225 g/mol. The van der Waals surface area contributed by atoms with Gasteiger partial charge in [-0.3, -0.25) is 4.98 Å². The lowest BCUT2D eigenvalue weighted by molar-refractivity contribution is 0.796. The number of hydrogen-bond donors (Lipinski definition) is 0. The van der Waals surface area contributed by atoms with Gasteiger partial charge in [-0.05, 0) is 35.0 Å². The molecule has 0 radical (unpaired) electrons. The second kappa shape index (κ2) is 2.90. The summed E-state index contributed by atoms with van der Waals surface area (Å²) in [5.41, 5.74) is 2.23. The molecule has 0 fully saturated rings. The van der Waals surface area contributed by atoms with Crippen LogP contribution in [0.25, 0.3) is 11.0 Å². The minimum atomic E-state index is 0.980. The number of aryl methyl sites for hydroxylation is 1. The highest BCUT2D eigenvalue weighted by Crippen LogP contribution is 2.22. The summed E-state index contributed by atoms with van der Waals surface area (Å²) in [7, 11) is 0. The summed E-state index contributed by atoms with van der Waals surface area (Å²) >= 11 is 3.51. The molecular formula is C9H9BrN2. The van der Waals surface area contributed by atoms with Crippen molar-refractivity contribution in [1.82, 2.24) is 9.55 Å². The number of nitrogens with zero attached hydrogens (tertiary/aromatic N) is 2. The minimum absolute atomic E-state index is 0.980. The Morgan fingerprint density at radius 1 is 1.50 bits per heavy atom. The van der Waals surface area contributed by atoms with E-state index in [1.54, 1.807) is 0 Å². The first kappa shape index (κ1) is 7.80. The first-order valence-electron chi connectivity index (χ1n) is 3.92. The van der Waals surface area contributed by atoms with Crippen molar-refractivity contribution in [2.75, 3.05) is 0 Å². The van der Waals surface area contributed by atoms with Crippen LogP contribution < -0.4 is 0 Å². The molecule has 3 heteroatoms. The minimum Gasteiger partial charge on any atom is -0.346 e. The van der Waals surface area contributed by atoms with E-state index in [1.807, 2.05) is 18.3 Å². The van der Waals surface area contributed by atoms with Crippen LogP contribution in [0.3, 0.4) is 0 Å². The highest BCUT2D eigenvalue weighted by molar-refractivity contribution is 9.10. The molecule has 2 heterocycles. The van der Waals surface area contributed by atoms with Gasteiger partial charge in [-0.1, -0.05) is 0 Å². The van der Waals surface area contributed by atoms with Crippen LogP contribution in [0.15, 0.2) is 29.0 Å². The maximum Gasteiger partial charge on any atom is 0.0892 e. The largest absolute Gasteiger partial charge is 0.346 e. The predicted octanol–water partition coefficient (Wildman–Crippen LogP) is 2.82. The molecule has 12 heavy (non-hydrogen) atoms. The second-order valence-electron chi connectivity index (χ2n) is 2.63. The van der Waals surface area contributed by atoms with E-state index in [9.17, 15) is 0 Å². The lowest BCUT2D eigenvalue weighted by atomic mass is 10.4. The number of hydrogen-bond acceptors (Lipinski definition) is 1. The third kappa shape index (κ3) is 1.05. The molecule has 0 bridgehead atoms. The van der Waals surface area contributed by atoms with Gasteiger partial charge in [-0.2, -0.15) is 0 Å². The molecule has 0 saturated carbocycles. The Bertz CT molecular complexity index is 406. The van der Waals surface area contributed by atoms with Crippen LogP contribution in [0.5, 0.6) is 0 Å². The van der Waals surface area contributed by atoms with E-state index in [4.69, 9.17) is 0 Å². The van der Waals surface area contributed by atoms with Gasteiger partial charge in [-0.25, -0.2) is 0 Å². The molecule has 2 aromatic heterocycles. The molecule has 0 aliphatic heterocycles. The Labute approximate surface area is 79.3 Å². The van der Waals surface area contributed by atoms with Gasteiger partial charge in [0.2, 0.25) is 0 Å². The van der Waals surface area contributed by atoms with Gasteiger partial charge in [0.1, 0.15) is 0 Å².